The Kier molecular flexibility index (Phi) is 10.9. The Bertz CT molecular complexity index is 1720. The van der Waals surface area contributed by atoms with Crippen LogP contribution in [0.15, 0.2) is 108 Å². The van der Waals surface area contributed by atoms with Crippen LogP contribution in [0.1, 0.15) is 43.0 Å². The molecule has 4 aromatic carbocycles. The van der Waals surface area contributed by atoms with Crippen LogP contribution in [0, 0.1) is 13.8 Å². The van der Waals surface area contributed by atoms with E-state index >= 15 is 0 Å². The number of methoxy groups -OCH3 is 1. The number of anilines is 1. The van der Waals surface area contributed by atoms with Crippen LogP contribution < -0.4 is 14.4 Å². The predicted octanol–water partition coefficient (Wildman–Crippen LogP) is 6.06. The molecule has 4 aromatic rings. The molecule has 4 rings (SSSR count). The molecule has 0 heterocycles. The fourth-order valence-corrected chi connectivity index (χ4v) is 6.43. The van der Waals surface area contributed by atoms with E-state index < -0.39 is 34.1 Å². The number of rotatable bonds is 12. The summed E-state index contributed by atoms with van der Waals surface area (Å²) in [5.74, 6) is -0.295. The summed E-state index contributed by atoms with van der Waals surface area (Å²) in [6.45, 7) is 9.09. The van der Waals surface area contributed by atoms with Gasteiger partial charge in [-0.05, 0) is 82.1 Å². The number of carbonyl (C=O) groups excluding carboxylic acids is 2. The van der Waals surface area contributed by atoms with Gasteiger partial charge >= 0.3 is 0 Å². The summed E-state index contributed by atoms with van der Waals surface area (Å²) in [7, 11) is -2.66. The summed E-state index contributed by atoms with van der Waals surface area (Å²) in [5.41, 5.74) is 3.39. The van der Waals surface area contributed by atoms with Crippen LogP contribution >= 0.6 is 0 Å². The van der Waals surface area contributed by atoms with E-state index in [1.165, 1.54) is 24.1 Å². The van der Waals surface area contributed by atoms with E-state index in [1.54, 1.807) is 36.4 Å². The third-order valence-electron chi connectivity index (χ3n) is 7.49. The van der Waals surface area contributed by atoms with Gasteiger partial charge in [0.2, 0.25) is 11.8 Å². The molecule has 0 aliphatic rings. The van der Waals surface area contributed by atoms with Crippen molar-refractivity contribution in [2.24, 2.45) is 0 Å². The van der Waals surface area contributed by atoms with Gasteiger partial charge in [-0.25, -0.2) is 8.42 Å². The van der Waals surface area contributed by atoms with Crippen molar-refractivity contribution < 1.29 is 22.7 Å². The quantitative estimate of drug-likeness (QED) is 0.203. The molecule has 1 atom stereocenters. The Balaban J connectivity index is 1.81. The topological polar surface area (TPSA) is 96.0 Å². The second-order valence-electron chi connectivity index (χ2n) is 12.5. The molecule has 2 amide bonds. The number of benzene rings is 4. The molecule has 0 saturated carbocycles. The third kappa shape index (κ3) is 8.97. The van der Waals surface area contributed by atoms with Gasteiger partial charge in [-0.2, -0.15) is 0 Å². The Morgan fingerprint density at radius 2 is 1.35 bits per heavy atom. The van der Waals surface area contributed by atoms with Crippen molar-refractivity contribution in [1.29, 1.82) is 0 Å². The molecule has 0 spiro atoms. The van der Waals surface area contributed by atoms with E-state index in [0.29, 0.717) is 11.4 Å². The van der Waals surface area contributed by atoms with Crippen LogP contribution in [-0.2, 0) is 32.6 Å². The molecule has 1 N–H and O–H groups in total. The fourth-order valence-electron chi connectivity index (χ4n) is 5.01. The van der Waals surface area contributed by atoms with Gasteiger partial charge in [0.1, 0.15) is 18.3 Å². The first kappa shape index (κ1) is 34.2. The molecule has 0 saturated heterocycles. The summed E-state index contributed by atoms with van der Waals surface area (Å²) >= 11 is 0. The standard InChI is InChI=1S/C37H43N3O5S/c1-27-12-16-30(17-13-27)25-39(34(36(42)38-37(3,4)5)24-29-10-8-7-9-11-29)35(41)26-40(31-18-20-32(45-6)21-19-31)46(43,44)33-22-14-28(2)15-23-33/h7-23,34H,24-26H2,1-6H3,(H,38,42)/t34-/m0/s1. The molecule has 0 unspecified atom stereocenters. The van der Waals surface area contributed by atoms with E-state index in [0.717, 1.165) is 26.6 Å². The monoisotopic (exact) mass is 641 g/mol. The highest BCUT2D eigenvalue weighted by Crippen LogP contribution is 2.27. The van der Waals surface area contributed by atoms with Gasteiger partial charge in [0, 0.05) is 18.5 Å². The Labute approximate surface area is 273 Å². The van der Waals surface area contributed by atoms with Crippen molar-refractivity contribution in [2.75, 3.05) is 18.0 Å². The van der Waals surface area contributed by atoms with Crippen molar-refractivity contribution >= 4 is 27.5 Å². The number of carbonyl (C=O) groups is 2. The van der Waals surface area contributed by atoms with E-state index in [1.807, 2.05) is 89.2 Å². The first-order valence-electron chi connectivity index (χ1n) is 15.2. The van der Waals surface area contributed by atoms with Crippen molar-refractivity contribution in [3.8, 4) is 5.75 Å². The molecule has 8 nitrogen and oxygen atoms in total. The molecule has 242 valence electrons. The van der Waals surface area contributed by atoms with E-state index in [9.17, 15) is 18.0 Å². The molecule has 0 bridgehead atoms. The molecular weight excluding hydrogens is 598 g/mol. The van der Waals surface area contributed by atoms with Crippen molar-refractivity contribution in [3.63, 3.8) is 0 Å². The summed E-state index contributed by atoms with van der Waals surface area (Å²) in [5, 5.41) is 3.05. The number of nitrogens with zero attached hydrogens (tertiary/aromatic N) is 2. The van der Waals surface area contributed by atoms with E-state index in [4.69, 9.17) is 4.74 Å². The molecule has 0 aliphatic heterocycles. The van der Waals surface area contributed by atoms with Crippen LogP contribution in [-0.4, -0.2) is 50.4 Å². The van der Waals surface area contributed by atoms with Crippen LogP contribution in [0.3, 0.4) is 0 Å². The maximum absolute atomic E-state index is 14.6. The number of amides is 2. The first-order valence-corrected chi connectivity index (χ1v) is 16.7. The molecule has 0 radical (unpaired) electrons. The Morgan fingerprint density at radius 3 is 1.89 bits per heavy atom. The molecule has 9 heteroatoms. The second-order valence-corrected chi connectivity index (χ2v) is 14.3. The van der Waals surface area contributed by atoms with Gasteiger partial charge in [0.25, 0.3) is 10.0 Å². The highest BCUT2D eigenvalue weighted by atomic mass is 32.2. The average Bonchev–Trinajstić information content (AvgIpc) is 3.02. The molecule has 0 aromatic heterocycles. The smallest absolute Gasteiger partial charge is 0.264 e. The Hall–Kier alpha value is -4.63. The SMILES string of the molecule is COc1ccc(N(CC(=O)N(Cc2ccc(C)cc2)[C@@H](Cc2ccccc2)C(=O)NC(C)(C)C)S(=O)(=O)c2ccc(C)cc2)cc1. The zero-order valence-corrected chi connectivity index (χ0v) is 28.2. The number of aryl methyl sites for hydroxylation is 2. The zero-order valence-electron chi connectivity index (χ0n) is 27.4. The fraction of sp³-hybridized carbons (Fsp3) is 0.297. The summed E-state index contributed by atoms with van der Waals surface area (Å²) in [6.07, 6.45) is 0.244. The highest BCUT2D eigenvalue weighted by Gasteiger charge is 2.35. The maximum Gasteiger partial charge on any atom is 0.264 e. The minimum Gasteiger partial charge on any atom is -0.497 e. The molecule has 0 fully saturated rings. The van der Waals surface area contributed by atoms with Gasteiger partial charge in [-0.3, -0.25) is 13.9 Å². The number of ether oxygens (including phenoxy) is 1. The number of sulfonamides is 1. The first-order chi connectivity index (χ1) is 21.8. The van der Waals surface area contributed by atoms with Crippen molar-refractivity contribution in [2.45, 2.75) is 64.1 Å². The van der Waals surface area contributed by atoms with Crippen LogP contribution in [0.2, 0.25) is 0 Å². The van der Waals surface area contributed by atoms with Gasteiger partial charge in [-0.15, -0.1) is 0 Å². The normalized spacial score (nSPS) is 12.2. The van der Waals surface area contributed by atoms with Crippen LogP contribution in [0.4, 0.5) is 5.69 Å². The number of hydrogen-bond donors (Lipinski definition) is 1. The van der Waals surface area contributed by atoms with Crippen LogP contribution in [0.25, 0.3) is 0 Å². The lowest BCUT2D eigenvalue weighted by Crippen LogP contribution is -2.56. The van der Waals surface area contributed by atoms with Gasteiger partial charge < -0.3 is 15.0 Å². The van der Waals surface area contributed by atoms with Gasteiger partial charge in [-0.1, -0.05) is 77.9 Å². The maximum atomic E-state index is 14.6. The highest BCUT2D eigenvalue weighted by molar-refractivity contribution is 7.92. The second kappa shape index (κ2) is 14.6. The van der Waals surface area contributed by atoms with Crippen LogP contribution in [0.5, 0.6) is 5.75 Å². The lowest BCUT2D eigenvalue weighted by atomic mass is 10.0. The number of hydrogen-bond acceptors (Lipinski definition) is 5. The average molecular weight is 642 g/mol. The Morgan fingerprint density at radius 1 is 0.783 bits per heavy atom. The summed E-state index contributed by atoms with van der Waals surface area (Å²) < 4.78 is 34.8. The number of nitrogens with one attached hydrogen (secondary N) is 1. The molecule has 46 heavy (non-hydrogen) atoms. The zero-order chi connectivity index (χ0) is 33.5. The summed E-state index contributed by atoms with van der Waals surface area (Å²) in [6, 6.07) is 29.3. The summed E-state index contributed by atoms with van der Waals surface area (Å²) in [4.78, 5) is 30.1. The third-order valence-corrected chi connectivity index (χ3v) is 9.28. The molecule has 0 aliphatic carbocycles. The lowest BCUT2D eigenvalue weighted by Gasteiger charge is -2.35. The predicted molar refractivity (Wildman–Crippen MR) is 182 cm³/mol. The van der Waals surface area contributed by atoms with E-state index in [2.05, 4.69) is 5.32 Å². The minimum absolute atomic E-state index is 0.0538. The molecular formula is C37H43N3O5S. The lowest BCUT2D eigenvalue weighted by molar-refractivity contribution is -0.140. The van der Waals surface area contributed by atoms with Crippen molar-refractivity contribution in [3.05, 3.63) is 125 Å². The van der Waals surface area contributed by atoms with E-state index in [-0.39, 0.29) is 23.8 Å². The minimum atomic E-state index is -4.19. The van der Waals surface area contributed by atoms with Gasteiger partial charge in [0.05, 0.1) is 17.7 Å². The van der Waals surface area contributed by atoms with Crippen molar-refractivity contribution in [1.82, 2.24) is 10.2 Å². The largest absolute Gasteiger partial charge is 0.497 e. The van der Waals surface area contributed by atoms with Gasteiger partial charge in [0.15, 0.2) is 0 Å².